The number of fused-ring (bicyclic) bond motifs is 2. The van der Waals surface area contributed by atoms with Crippen LogP contribution in [0.2, 0.25) is 0 Å². The number of aromatic amines is 1. The van der Waals surface area contributed by atoms with E-state index in [1.54, 1.807) is 54.9 Å². The second kappa shape index (κ2) is 8.01. The van der Waals surface area contributed by atoms with Gasteiger partial charge in [0.25, 0.3) is 11.3 Å². The second-order valence-corrected chi connectivity index (χ2v) is 7.99. The molecule has 0 saturated heterocycles. The lowest BCUT2D eigenvalue weighted by Crippen LogP contribution is -2.06. The summed E-state index contributed by atoms with van der Waals surface area (Å²) in [5.74, 6) is -0.264. The minimum atomic E-state index is -2.19. The number of carbonyl (C=O) groups is 2. The quantitative estimate of drug-likeness (QED) is 0.225. The van der Waals surface area contributed by atoms with Gasteiger partial charge >= 0.3 is 6.09 Å². The highest BCUT2D eigenvalue weighted by atomic mass is 32.2. The molecule has 33 heavy (non-hydrogen) atoms. The summed E-state index contributed by atoms with van der Waals surface area (Å²) in [7, 11) is 0. The number of hydrogen-bond acceptors (Lipinski definition) is 4. The molecule has 0 bridgehead atoms. The Kier molecular flexibility index (Phi) is 5.00. The molecule has 1 unspecified atom stereocenters. The van der Waals surface area contributed by atoms with E-state index in [4.69, 9.17) is 4.55 Å². The minimum absolute atomic E-state index is 0.264. The number of carbonyl (C=O) groups excluding carboxylic acids is 1. The fourth-order valence-corrected chi connectivity index (χ4v) is 4.22. The Morgan fingerprint density at radius 3 is 2.61 bits per heavy atom. The number of aromatic nitrogens is 3. The third-order valence-electron chi connectivity index (χ3n) is 5.36. The molecule has 164 valence electrons. The largest absolute Gasteiger partial charge is 0.464 e. The van der Waals surface area contributed by atoms with Crippen LogP contribution in [0.25, 0.3) is 33.1 Å². The van der Waals surface area contributed by atoms with E-state index in [0.29, 0.717) is 38.8 Å². The second-order valence-electron chi connectivity index (χ2n) is 7.29. The lowest BCUT2D eigenvalue weighted by Gasteiger charge is -2.07. The minimum Gasteiger partial charge on any atom is -0.464 e. The zero-order valence-corrected chi connectivity index (χ0v) is 17.7. The predicted molar refractivity (Wildman–Crippen MR) is 125 cm³/mol. The van der Waals surface area contributed by atoms with Crippen LogP contribution >= 0.6 is 0 Å². The van der Waals surface area contributed by atoms with Gasteiger partial charge in [0.2, 0.25) is 0 Å². The van der Waals surface area contributed by atoms with Crippen molar-refractivity contribution in [1.29, 1.82) is 0 Å². The number of benzene rings is 2. The molecule has 5 aromatic rings. The monoisotopic (exact) mass is 460 g/mol. The highest BCUT2D eigenvalue weighted by Crippen LogP contribution is 2.29. The molecule has 0 radical (unpaired) electrons. The molecule has 0 fully saturated rings. The Bertz CT molecular complexity index is 1590. The van der Waals surface area contributed by atoms with Gasteiger partial charge in [-0.2, -0.15) is 0 Å². The van der Waals surface area contributed by atoms with Gasteiger partial charge < -0.3 is 10.1 Å². The average molecular weight is 460 g/mol. The van der Waals surface area contributed by atoms with Crippen molar-refractivity contribution in [1.82, 2.24) is 14.5 Å². The predicted octanol–water partition coefficient (Wildman–Crippen LogP) is 4.49. The molecular formula is C23H16N4O5S. The molecule has 0 aliphatic carbocycles. The maximum absolute atomic E-state index is 13.5. The molecule has 5 rings (SSSR count). The Labute approximate surface area is 189 Å². The van der Waals surface area contributed by atoms with E-state index in [1.807, 2.05) is 12.1 Å². The van der Waals surface area contributed by atoms with Crippen molar-refractivity contribution in [2.75, 3.05) is 4.72 Å². The number of anilines is 1. The molecule has 3 aromatic heterocycles. The third kappa shape index (κ3) is 3.67. The van der Waals surface area contributed by atoms with E-state index < -0.39 is 17.4 Å². The molecule has 0 spiro atoms. The van der Waals surface area contributed by atoms with Crippen molar-refractivity contribution < 1.29 is 23.5 Å². The van der Waals surface area contributed by atoms with Crippen LogP contribution in [-0.4, -0.2) is 40.3 Å². The number of rotatable bonds is 5. The van der Waals surface area contributed by atoms with Gasteiger partial charge in [0.1, 0.15) is 5.65 Å². The van der Waals surface area contributed by atoms with Crippen molar-refractivity contribution in [3.8, 4) is 11.1 Å². The lowest BCUT2D eigenvalue weighted by atomic mass is 9.99. The van der Waals surface area contributed by atoms with Crippen LogP contribution in [0.4, 0.5) is 10.5 Å². The number of ketones is 1. The van der Waals surface area contributed by atoms with E-state index in [1.165, 1.54) is 6.20 Å². The highest BCUT2D eigenvalue weighted by molar-refractivity contribution is 7.80. The summed E-state index contributed by atoms with van der Waals surface area (Å²) in [4.78, 5) is 32.3. The van der Waals surface area contributed by atoms with Gasteiger partial charge in [-0.05, 0) is 35.9 Å². The van der Waals surface area contributed by atoms with E-state index in [2.05, 4.69) is 14.7 Å². The molecule has 1 atom stereocenters. The molecular weight excluding hydrogens is 444 g/mol. The number of hydrogen-bond donors (Lipinski definition) is 4. The lowest BCUT2D eigenvalue weighted by molar-refractivity contribution is 0.104. The van der Waals surface area contributed by atoms with Gasteiger partial charge in [-0.3, -0.25) is 18.6 Å². The van der Waals surface area contributed by atoms with Crippen LogP contribution < -0.4 is 4.72 Å². The van der Waals surface area contributed by atoms with Crippen LogP contribution in [-0.2, 0) is 11.3 Å². The first kappa shape index (κ1) is 20.6. The van der Waals surface area contributed by atoms with Crippen molar-refractivity contribution >= 4 is 50.8 Å². The molecule has 4 N–H and O–H groups in total. The number of pyridine rings is 1. The first-order valence-electron chi connectivity index (χ1n) is 9.75. The Morgan fingerprint density at radius 2 is 1.82 bits per heavy atom. The molecule has 0 aliphatic heterocycles. The summed E-state index contributed by atoms with van der Waals surface area (Å²) < 4.78 is 23.6. The topological polar surface area (TPSA) is 137 Å². The zero-order chi connectivity index (χ0) is 23.1. The molecule has 9 nitrogen and oxygen atoms in total. The van der Waals surface area contributed by atoms with E-state index in [-0.39, 0.29) is 5.78 Å². The fraction of sp³-hybridized carbons (Fsp3) is 0. The van der Waals surface area contributed by atoms with Crippen molar-refractivity contribution in [3.05, 3.63) is 84.3 Å². The summed E-state index contributed by atoms with van der Waals surface area (Å²) in [6.07, 6.45) is 3.52. The first-order valence-corrected chi connectivity index (χ1v) is 10.9. The van der Waals surface area contributed by atoms with Gasteiger partial charge in [0.05, 0.1) is 5.52 Å². The summed E-state index contributed by atoms with van der Waals surface area (Å²) in [5, 5.41) is 10.5. The van der Waals surface area contributed by atoms with Gasteiger partial charge in [-0.15, -0.1) is 0 Å². The van der Waals surface area contributed by atoms with Crippen molar-refractivity contribution in [3.63, 3.8) is 0 Å². The van der Waals surface area contributed by atoms with Gasteiger partial charge in [0, 0.05) is 51.7 Å². The average Bonchev–Trinajstić information content (AvgIpc) is 3.42. The zero-order valence-electron chi connectivity index (χ0n) is 16.9. The fourth-order valence-electron chi connectivity index (χ4n) is 3.89. The summed E-state index contributed by atoms with van der Waals surface area (Å²) in [5.41, 5.74) is 3.68. The van der Waals surface area contributed by atoms with Gasteiger partial charge in [-0.25, -0.2) is 14.0 Å². The number of H-pyrrole nitrogens is 1. The Morgan fingerprint density at radius 1 is 1.00 bits per heavy atom. The first-order chi connectivity index (χ1) is 15.9. The smallest absolute Gasteiger partial charge is 0.415 e. The van der Waals surface area contributed by atoms with E-state index in [0.717, 1.165) is 15.7 Å². The maximum atomic E-state index is 13.5. The van der Waals surface area contributed by atoms with Crippen LogP contribution in [0, 0.1) is 0 Å². The Balaban J connectivity index is 1.59. The molecule has 3 heterocycles. The third-order valence-corrected chi connectivity index (χ3v) is 5.77. The number of nitrogens with zero attached hydrogens (tertiary/aromatic N) is 2. The highest BCUT2D eigenvalue weighted by Gasteiger charge is 2.19. The molecule has 0 amide bonds. The molecule has 2 aromatic carbocycles. The van der Waals surface area contributed by atoms with Crippen LogP contribution in [0.5, 0.6) is 0 Å². The Hall–Kier alpha value is -4.28. The van der Waals surface area contributed by atoms with E-state index in [9.17, 15) is 18.9 Å². The maximum Gasteiger partial charge on any atom is 0.415 e. The van der Waals surface area contributed by atoms with Crippen molar-refractivity contribution in [2.24, 2.45) is 0 Å². The van der Waals surface area contributed by atoms with Gasteiger partial charge in [-0.1, -0.05) is 24.3 Å². The number of nitrogens with one attached hydrogen (secondary N) is 2. The normalized spacial score (nSPS) is 12.2. The summed E-state index contributed by atoms with van der Waals surface area (Å²) in [6, 6.07) is 15.3. The molecule has 0 aliphatic rings. The summed E-state index contributed by atoms with van der Waals surface area (Å²) in [6.45, 7) is 0. The van der Waals surface area contributed by atoms with Crippen LogP contribution in [0.1, 0.15) is 15.9 Å². The standard InChI is InChI=1S/C23H16N4O5S/c28-21(17-5-2-6-20-16(17)7-8-27(20)23(29)30)19-12-25-22-18(19)10-14(11-24-22)13-3-1-4-15(9-13)26-33(31)32/h1-12,26H,(H,24,25)(H,29,30)(H,31,32). The molecule has 10 heteroatoms. The van der Waals surface area contributed by atoms with Crippen molar-refractivity contribution in [2.45, 2.75) is 0 Å². The summed E-state index contributed by atoms with van der Waals surface area (Å²) >= 11 is -2.19. The molecule has 0 saturated carbocycles. The van der Waals surface area contributed by atoms with E-state index >= 15 is 0 Å². The van der Waals surface area contributed by atoms with Crippen LogP contribution in [0.3, 0.4) is 0 Å². The SMILES string of the molecule is O=C(c1c[nH]c2ncc(-c3cccc(NS(=O)O)c3)cc12)c1cccc2c1ccn2C(=O)O. The van der Waals surface area contributed by atoms with Crippen LogP contribution in [0.15, 0.2) is 73.2 Å². The number of carboxylic acid groups (broad SMARTS) is 1. The van der Waals surface area contributed by atoms with Gasteiger partial charge in [0.15, 0.2) is 5.78 Å².